The Morgan fingerprint density at radius 3 is 2.56 bits per heavy atom. The van der Waals surface area contributed by atoms with E-state index in [0.29, 0.717) is 24.5 Å². The van der Waals surface area contributed by atoms with Gasteiger partial charge < -0.3 is 4.90 Å². The van der Waals surface area contributed by atoms with E-state index in [0.717, 1.165) is 11.1 Å². The lowest BCUT2D eigenvalue weighted by Gasteiger charge is -2.16. The summed E-state index contributed by atoms with van der Waals surface area (Å²) in [4.78, 5) is 14.1. The zero-order chi connectivity index (χ0) is 17.8. The average Bonchev–Trinajstić information content (AvgIpc) is 2.96. The Balaban J connectivity index is 1.74. The molecule has 0 atom stereocenters. The summed E-state index contributed by atoms with van der Waals surface area (Å²) in [5.41, 5.74) is 2.84. The fourth-order valence-corrected chi connectivity index (χ4v) is 2.63. The van der Waals surface area contributed by atoms with Gasteiger partial charge in [-0.05, 0) is 30.2 Å². The molecule has 0 aliphatic carbocycles. The first-order valence-electron chi connectivity index (χ1n) is 7.98. The van der Waals surface area contributed by atoms with Crippen molar-refractivity contribution < 1.29 is 9.18 Å². The van der Waals surface area contributed by atoms with Crippen LogP contribution in [0, 0.1) is 12.7 Å². The Labute approximate surface area is 145 Å². The SMILES string of the molecule is Cc1c(C(=O)N(C)Cc2cccc(F)c2)nnn1Cc1ccccc1. The van der Waals surface area contributed by atoms with Crippen molar-refractivity contribution in [3.8, 4) is 0 Å². The van der Waals surface area contributed by atoms with Crippen LogP contribution in [0.4, 0.5) is 4.39 Å². The van der Waals surface area contributed by atoms with Gasteiger partial charge >= 0.3 is 0 Å². The van der Waals surface area contributed by atoms with Crippen molar-refractivity contribution in [2.45, 2.75) is 20.0 Å². The normalized spacial score (nSPS) is 10.7. The third kappa shape index (κ3) is 3.91. The molecule has 0 fully saturated rings. The molecule has 128 valence electrons. The van der Waals surface area contributed by atoms with Gasteiger partial charge in [0, 0.05) is 13.6 Å². The summed E-state index contributed by atoms with van der Waals surface area (Å²) in [6.07, 6.45) is 0. The summed E-state index contributed by atoms with van der Waals surface area (Å²) in [7, 11) is 1.67. The van der Waals surface area contributed by atoms with Crippen LogP contribution in [0.5, 0.6) is 0 Å². The topological polar surface area (TPSA) is 51.0 Å². The van der Waals surface area contributed by atoms with Gasteiger partial charge in [-0.25, -0.2) is 9.07 Å². The molecule has 5 nitrogen and oxygen atoms in total. The number of aromatic nitrogens is 3. The van der Waals surface area contributed by atoms with E-state index in [4.69, 9.17) is 0 Å². The number of carbonyl (C=O) groups excluding carboxylic acids is 1. The predicted octanol–water partition coefficient (Wildman–Crippen LogP) is 3.05. The Morgan fingerprint density at radius 1 is 1.12 bits per heavy atom. The molecule has 1 heterocycles. The molecule has 0 unspecified atom stereocenters. The van der Waals surface area contributed by atoms with Crippen molar-refractivity contribution in [1.29, 1.82) is 0 Å². The van der Waals surface area contributed by atoms with Gasteiger partial charge in [0.25, 0.3) is 5.91 Å². The minimum absolute atomic E-state index is 0.235. The molecule has 3 aromatic rings. The van der Waals surface area contributed by atoms with Crippen LogP contribution in [0.15, 0.2) is 54.6 Å². The van der Waals surface area contributed by atoms with Crippen LogP contribution < -0.4 is 0 Å². The minimum atomic E-state index is -0.316. The molecule has 3 rings (SSSR count). The minimum Gasteiger partial charge on any atom is -0.336 e. The Bertz CT molecular complexity index is 876. The van der Waals surface area contributed by atoms with Crippen molar-refractivity contribution in [3.05, 3.63) is 82.9 Å². The molecule has 1 aromatic heterocycles. The largest absolute Gasteiger partial charge is 0.336 e. The van der Waals surface area contributed by atoms with Crippen molar-refractivity contribution in [1.82, 2.24) is 19.9 Å². The highest BCUT2D eigenvalue weighted by Gasteiger charge is 2.20. The summed E-state index contributed by atoms with van der Waals surface area (Å²) in [6.45, 7) is 2.69. The number of rotatable bonds is 5. The van der Waals surface area contributed by atoms with Crippen molar-refractivity contribution in [3.63, 3.8) is 0 Å². The van der Waals surface area contributed by atoms with Gasteiger partial charge in [-0.15, -0.1) is 5.10 Å². The van der Waals surface area contributed by atoms with Crippen LogP contribution in [0.3, 0.4) is 0 Å². The van der Waals surface area contributed by atoms with Crippen LogP contribution in [0.2, 0.25) is 0 Å². The lowest BCUT2D eigenvalue weighted by atomic mass is 10.2. The molecule has 0 radical (unpaired) electrons. The lowest BCUT2D eigenvalue weighted by Crippen LogP contribution is -2.27. The zero-order valence-electron chi connectivity index (χ0n) is 14.2. The van der Waals surface area contributed by atoms with Gasteiger partial charge in [-0.3, -0.25) is 4.79 Å². The maximum atomic E-state index is 13.3. The van der Waals surface area contributed by atoms with E-state index in [9.17, 15) is 9.18 Å². The van der Waals surface area contributed by atoms with Crippen LogP contribution in [0.25, 0.3) is 0 Å². The molecular weight excluding hydrogens is 319 g/mol. The smallest absolute Gasteiger partial charge is 0.276 e. The summed E-state index contributed by atoms with van der Waals surface area (Å²) in [5, 5.41) is 8.13. The third-order valence-electron chi connectivity index (χ3n) is 4.02. The second-order valence-electron chi connectivity index (χ2n) is 5.96. The van der Waals surface area contributed by atoms with E-state index in [-0.39, 0.29) is 11.7 Å². The molecular formula is C19H19FN4O. The Kier molecular flexibility index (Phi) is 4.88. The zero-order valence-corrected chi connectivity index (χ0v) is 14.2. The lowest BCUT2D eigenvalue weighted by molar-refractivity contribution is 0.0778. The molecule has 0 N–H and O–H groups in total. The first-order chi connectivity index (χ1) is 12.0. The van der Waals surface area contributed by atoms with Crippen LogP contribution in [-0.4, -0.2) is 32.8 Å². The molecule has 2 aromatic carbocycles. The quantitative estimate of drug-likeness (QED) is 0.718. The number of amides is 1. The number of halogens is 1. The third-order valence-corrected chi connectivity index (χ3v) is 4.02. The number of carbonyl (C=O) groups is 1. The van der Waals surface area contributed by atoms with Crippen LogP contribution in [-0.2, 0) is 13.1 Å². The summed E-state index contributed by atoms with van der Waals surface area (Å²) in [6, 6.07) is 16.1. The molecule has 6 heteroatoms. The van der Waals surface area contributed by atoms with Gasteiger partial charge in [-0.1, -0.05) is 47.7 Å². The molecule has 1 amide bonds. The van der Waals surface area contributed by atoms with Crippen LogP contribution >= 0.6 is 0 Å². The highest BCUT2D eigenvalue weighted by molar-refractivity contribution is 5.93. The predicted molar refractivity (Wildman–Crippen MR) is 92.5 cm³/mol. The second kappa shape index (κ2) is 7.25. The maximum absolute atomic E-state index is 13.3. The highest BCUT2D eigenvalue weighted by Crippen LogP contribution is 2.12. The van der Waals surface area contributed by atoms with Crippen molar-refractivity contribution in [2.75, 3.05) is 7.05 Å². The molecule has 0 aliphatic heterocycles. The van der Waals surface area contributed by atoms with Gasteiger partial charge in [0.05, 0.1) is 12.2 Å². The van der Waals surface area contributed by atoms with Gasteiger partial charge in [0.15, 0.2) is 5.69 Å². The number of benzene rings is 2. The van der Waals surface area contributed by atoms with E-state index in [1.807, 2.05) is 37.3 Å². The van der Waals surface area contributed by atoms with E-state index >= 15 is 0 Å². The Hall–Kier alpha value is -3.02. The fourth-order valence-electron chi connectivity index (χ4n) is 2.63. The highest BCUT2D eigenvalue weighted by atomic mass is 19.1. The molecule has 0 aliphatic rings. The van der Waals surface area contributed by atoms with Crippen molar-refractivity contribution in [2.24, 2.45) is 0 Å². The Morgan fingerprint density at radius 2 is 1.84 bits per heavy atom. The maximum Gasteiger partial charge on any atom is 0.276 e. The number of nitrogens with zero attached hydrogens (tertiary/aromatic N) is 4. The summed E-state index contributed by atoms with van der Waals surface area (Å²) >= 11 is 0. The van der Waals surface area contributed by atoms with E-state index in [1.165, 1.54) is 17.0 Å². The van der Waals surface area contributed by atoms with Gasteiger partial charge in [-0.2, -0.15) is 0 Å². The number of hydrogen-bond donors (Lipinski definition) is 0. The summed E-state index contributed by atoms with van der Waals surface area (Å²) in [5.74, 6) is -0.551. The van der Waals surface area contributed by atoms with E-state index in [1.54, 1.807) is 23.9 Å². The monoisotopic (exact) mass is 338 g/mol. The van der Waals surface area contributed by atoms with Gasteiger partial charge in [0.1, 0.15) is 5.82 Å². The van der Waals surface area contributed by atoms with Crippen molar-refractivity contribution >= 4 is 5.91 Å². The molecule has 0 spiro atoms. The molecule has 25 heavy (non-hydrogen) atoms. The van der Waals surface area contributed by atoms with Crippen LogP contribution in [0.1, 0.15) is 27.3 Å². The van der Waals surface area contributed by atoms with E-state index in [2.05, 4.69) is 10.3 Å². The summed E-state index contributed by atoms with van der Waals surface area (Å²) < 4.78 is 15.0. The molecule has 0 saturated heterocycles. The fraction of sp³-hybridized carbons (Fsp3) is 0.211. The van der Waals surface area contributed by atoms with Gasteiger partial charge in [0.2, 0.25) is 0 Å². The molecule has 0 bridgehead atoms. The second-order valence-corrected chi connectivity index (χ2v) is 5.96. The first kappa shape index (κ1) is 16.8. The standard InChI is InChI=1S/C19H19FN4O/c1-14-18(21-22-24(14)13-15-7-4-3-5-8-15)19(25)23(2)12-16-9-6-10-17(20)11-16/h3-11H,12-13H2,1-2H3. The number of hydrogen-bond acceptors (Lipinski definition) is 3. The average molecular weight is 338 g/mol. The molecule has 0 saturated carbocycles. The van der Waals surface area contributed by atoms with E-state index < -0.39 is 0 Å². The first-order valence-corrected chi connectivity index (χ1v) is 7.98.